The van der Waals surface area contributed by atoms with Crippen molar-refractivity contribution >= 4 is 33.5 Å². The van der Waals surface area contributed by atoms with E-state index in [2.05, 4.69) is 0 Å². The van der Waals surface area contributed by atoms with Crippen molar-refractivity contribution in [1.29, 1.82) is 0 Å². The van der Waals surface area contributed by atoms with Gasteiger partial charge in [0.15, 0.2) is 0 Å². The van der Waals surface area contributed by atoms with Gasteiger partial charge >= 0.3 is 10.3 Å². The van der Waals surface area contributed by atoms with Gasteiger partial charge < -0.3 is 9.47 Å². The lowest BCUT2D eigenvalue weighted by Crippen LogP contribution is -2.28. The number of ether oxygens (including phenoxy) is 2. The van der Waals surface area contributed by atoms with Crippen LogP contribution in [0.2, 0.25) is 10.0 Å². The van der Waals surface area contributed by atoms with E-state index < -0.39 is 22.5 Å². The van der Waals surface area contributed by atoms with E-state index in [9.17, 15) is 8.42 Å². The maximum atomic E-state index is 11.0. The number of benzene rings is 1. The monoisotopic (exact) mass is 343 g/mol. The minimum atomic E-state index is -4.10. The summed E-state index contributed by atoms with van der Waals surface area (Å²) in [7, 11) is -2.66. The predicted molar refractivity (Wildman–Crippen MR) is 75.8 cm³/mol. The maximum absolute atomic E-state index is 11.0. The average molecular weight is 344 g/mol. The summed E-state index contributed by atoms with van der Waals surface area (Å²) in [6, 6.07) is 4.79. The molecule has 2 N–H and O–H groups in total. The molecular formula is C11H15Cl2NO5S. The molecule has 20 heavy (non-hydrogen) atoms. The van der Waals surface area contributed by atoms with Gasteiger partial charge in [-0.2, -0.15) is 8.42 Å². The van der Waals surface area contributed by atoms with Gasteiger partial charge in [0, 0.05) is 7.11 Å². The molecule has 1 aromatic rings. The van der Waals surface area contributed by atoms with Gasteiger partial charge in [0.05, 0.1) is 10.0 Å². The summed E-state index contributed by atoms with van der Waals surface area (Å²) in [5, 5.41) is 5.54. The molecule has 2 unspecified atom stereocenters. The second-order valence-corrected chi connectivity index (χ2v) is 5.95. The number of halogens is 2. The summed E-state index contributed by atoms with van der Waals surface area (Å²) < 4.78 is 36.9. The van der Waals surface area contributed by atoms with E-state index in [1.807, 2.05) is 0 Å². The second-order valence-electron chi connectivity index (χ2n) is 3.96. The molecule has 6 nitrogen and oxygen atoms in total. The van der Waals surface area contributed by atoms with Crippen LogP contribution >= 0.6 is 23.2 Å². The third-order valence-electron chi connectivity index (χ3n) is 2.35. The number of rotatable bonds is 7. The van der Waals surface area contributed by atoms with Crippen LogP contribution in [0.3, 0.4) is 0 Å². The predicted octanol–water partition coefficient (Wildman–Crippen LogP) is 2.26. The van der Waals surface area contributed by atoms with Crippen LogP contribution in [-0.2, 0) is 24.0 Å². The van der Waals surface area contributed by atoms with Crippen molar-refractivity contribution in [3.63, 3.8) is 0 Å². The maximum Gasteiger partial charge on any atom is 0.333 e. The highest BCUT2D eigenvalue weighted by Gasteiger charge is 2.25. The van der Waals surface area contributed by atoms with Crippen LogP contribution in [-0.4, -0.2) is 28.4 Å². The molecule has 0 aliphatic rings. The number of hydrogen-bond donors (Lipinski definition) is 1. The van der Waals surface area contributed by atoms with E-state index in [0.29, 0.717) is 15.6 Å². The Labute approximate surface area is 128 Å². The molecule has 1 aromatic carbocycles. The van der Waals surface area contributed by atoms with E-state index in [1.54, 1.807) is 18.2 Å². The van der Waals surface area contributed by atoms with Gasteiger partial charge in [-0.25, -0.2) is 5.14 Å². The summed E-state index contributed by atoms with van der Waals surface area (Å²) in [5.74, 6) is 0. The fourth-order valence-electron chi connectivity index (χ4n) is 1.60. The quantitative estimate of drug-likeness (QED) is 0.767. The number of methoxy groups -OCH3 is 1. The van der Waals surface area contributed by atoms with E-state index >= 15 is 0 Å². The third-order valence-corrected chi connectivity index (χ3v) is 3.66. The largest absolute Gasteiger partial charge is 0.359 e. The molecule has 0 bridgehead atoms. The minimum Gasteiger partial charge on any atom is -0.359 e. The zero-order chi connectivity index (χ0) is 15.3. The molecule has 0 spiro atoms. The van der Waals surface area contributed by atoms with Crippen LogP contribution in [0.1, 0.15) is 18.6 Å². The molecule has 0 radical (unpaired) electrons. The first kappa shape index (κ1) is 17.6. The van der Waals surface area contributed by atoms with Crippen LogP contribution in [0.15, 0.2) is 18.2 Å². The van der Waals surface area contributed by atoms with E-state index in [1.165, 1.54) is 14.0 Å². The topological polar surface area (TPSA) is 87.8 Å². The van der Waals surface area contributed by atoms with Crippen LogP contribution in [0.4, 0.5) is 0 Å². The van der Waals surface area contributed by atoms with Crippen molar-refractivity contribution in [2.24, 2.45) is 5.14 Å². The Bertz CT molecular complexity index is 552. The molecule has 114 valence electrons. The van der Waals surface area contributed by atoms with Crippen molar-refractivity contribution in [2.45, 2.75) is 19.1 Å². The van der Waals surface area contributed by atoms with Crippen LogP contribution in [0, 0.1) is 0 Å². The zero-order valence-electron chi connectivity index (χ0n) is 10.9. The lowest BCUT2D eigenvalue weighted by Gasteiger charge is -2.23. The van der Waals surface area contributed by atoms with E-state index in [-0.39, 0.29) is 6.79 Å². The van der Waals surface area contributed by atoms with Crippen molar-refractivity contribution in [3.05, 3.63) is 33.8 Å². The fraction of sp³-hybridized carbons (Fsp3) is 0.455. The van der Waals surface area contributed by atoms with Crippen molar-refractivity contribution in [1.82, 2.24) is 0 Å². The molecule has 0 fully saturated rings. The van der Waals surface area contributed by atoms with Crippen molar-refractivity contribution in [2.75, 3.05) is 13.9 Å². The molecule has 0 aromatic heterocycles. The first-order valence-electron chi connectivity index (χ1n) is 5.51. The highest BCUT2D eigenvalue weighted by atomic mass is 35.5. The normalized spacial score (nSPS) is 15.1. The van der Waals surface area contributed by atoms with Gasteiger partial charge in [0.25, 0.3) is 0 Å². The molecule has 0 aliphatic heterocycles. The standard InChI is InChI=1S/C11H15Cl2NO5S/c1-7(19-20(14,15)16)11(18-6-17-2)8-3-4-9(12)10(13)5-8/h3-5,7,11H,6H2,1-2H3,(H2,14,15,16). The Kier molecular flexibility index (Phi) is 6.67. The van der Waals surface area contributed by atoms with Gasteiger partial charge in [-0.15, -0.1) is 0 Å². The smallest absolute Gasteiger partial charge is 0.333 e. The number of hydrogen-bond acceptors (Lipinski definition) is 5. The zero-order valence-corrected chi connectivity index (χ0v) is 13.2. The van der Waals surface area contributed by atoms with Gasteiger partial charge in [-0.1, -0.05) is 29.3 Å². The summed E-state index contributed by atoms with van der Waals surface area (Å²) in [6.45, 7) is 1.45. The van der Waals surface area contributed by atoms with Crippen LogP contribution in [0.25, 0.3) is 0 Å². The van der Waals surface area contributed by atoms with Gasteiger partial charge in [0.1, 0.15) is 19.0 Å². The Morgan fingerprint density at radius 2 is 1.95 bits per heavy atom. The average Bonchev–Trinajstić information content (AvgIpc) is 2.31. The Balaban J connectivity index is 3.01. The molecule has 0 saturated heterocycles. The van der Waals surface area contributed by atoms with Gasteiger partial charge in [0.2, 0.25) is 0 Å². The molecule has 0 amide bonds. The highest BCUT2D eigenvalue weighted by Crippen LogP contribution is 2.30. The third kappa shape index (κ3) is 5.53. The SMILES string of the molecule is COCOC(c1ccc(Cl)c(Cl)c1)C(C)OS(N)(=O)=O. The Hall–Kier alpha value is -0.410. The van der Waals surface area contributed by atoms with Crippen LogP contribution < -0.4 is 5.14 Å². The Morgan fingerprint density at radius 3 is 2.45 bits per heavy atom. The number of nitrogens with two attached hydrogens (primary N) is 1. The van der Waals surface area contributed by atoms with E-state index in [0.717, 1.165) is 0 Å². The highest BCUT2D eigenvalue weighted by molar-refractivity contribution is 7.84. The summed E-state index contributed by atoms with van der Waals surface area (Å²) >= 11 is 11.8. The lowest BCUT2D eigenvalue weighted by molar-refractivity contribution is -0.104. The first-order valence-corrected chi connectivity index (χ1v) is 7.74. The van der Waals surface area contributed by atoms with Gasteiger partial charge in [-0.3, -0.25) is 4.18 Å². The van der Waals surface area contributed by atoms with Gasteiger partial charge in [-0.05, 0) is 24.6 Å². The molecule has 0 aliphatic carbocycles. The molecule has 0 saturated carbocycles. The molecular weight excluding hydrogens is 329 g/mol. The van der Waals surface area contributed by atoms with E-state index in [4.69, 9.17) is 42.0 Å². The second kappa shape index (κ2) is 7.56. The minimum absolute atomic E-state index is 0.0524. The summed E-state index contributed by atoms with van der Waals surface area (Å²) in [6.07, 6.45) is -1.60. The lowest BCUT2D eigenvalue weighted by atomic mass is 10.1. The molecule has 2 atom stereocenters. The van der Waals surface area contributed by atoms with Crippen molar-refractivity contribution < 1.29 is 22.1 Å². The fourth-order valence-corrected chi connectivity index (χ4v) is 2.43. The first-order chi connectivity index (χ1) is 9.24. The molecule has 1 rings (SSSR count). The summed E-state index contributed by atoms with van der Waals surface area (Å²) in [4.78, 5) is 0. The molecule has 0 heterocycles. The van der Waals surface area contributed by atoms with Crippen LogP contribution in [0.5, 0.6) is 0 Å². The summed E-state index contributed by atoms with van der Waals surface area (Å²) in [5.41, 5.74) is 0.590. The Morgan fingerprint density at radius 1 is 1.30 bits per heavy atom. The van der Waals surface area contributed by atoms with Crippen molar-refractivity contribution in [3.8, 4) is 0 Å². The molecule has 9 heteroatoms.